The van der Waals surface area contributed by atoms with Gasteiger partial charge < -0.3 is 5.11 Å². The zero-order chi connectivity index (χ0) is 13.3. The number of piperidine rings is 1. The Labute approximate surface area is 108 Å². The molecule has 1 aliphatic heterocycles. The standard InChI is InChI=1S/C11H20N2O4S/c1-2-8-7-9(8)12-18(16,17)13-6-4-3-5-10(13)11(14)15/h8-10,12H,2-7H2,1H3,(H,14,15). The van der Waals surface area contributed by atoms with Gasteiger partial charge >= 0.3 is 5.97 Å². The van der Waals surface area contributed by atoms with Crippen LogP contribution < -0.4 is 4.72 Å². The molecule has 0 amide bonds. The fourth-order valence-corrected chi connectivity index (χ4v) is 4.25. The van der Waals surface area contributed by atoms with E-state index in [9.17, 15) is 13.2 Å². The maximum absolute atomic E-state index is 12.2. The highest BCUT2D eigenvalue weighted by Gasteiger charge is 2.43. The molecule has 1 saturated carbocycles. The lowest BCUT2D eigenvalue weighted by Crippen LogP contribution is -2.52. The van der Waals surface area contributed by atoms with Crippen LogP contribution in [-0.4, -0.2) is 42.4 Å². The van der Waals surface area contributed by atoms with E-state index < -0.39 is 22.2 Å². The number of aliphatic carboxylic acids is 1. The molecule has 3 atom stereocenters. The molecule has 0 aromatic rings. The molecule has 0 aromatic heterocycles. The van der Waals surface area contributed by atoms with Crippen molar-refractivity contribution in [3.8, 4) is 0 Å². The first-order valence-corrected chi connectivity index (χ1v) is 7.91. The molecule has 104 valence electrons. The Morgan fingerprint density at radius 2 is 2.17 bits per heavy atom. The number of rotatable bonds is 5. The Morgan fingerprint density at radius 1 is 1.44 bits per heavy atom. The molecule has 2 fully saturated rings. The molecule has 3 unspecified atom stereocenters. The van der Waals surface area contributed by atoms with Gasteiger partial charge in [0.15, 0.2) is 0 Å². The fraction of sp³-hybridized carbons (Fsp3) is 0.909. The van der Waals surface area contributed by atoms with Crippen molar-refractivity contribution in [1.82, 2.24) is 9.03 Å². The van der Waals surface area contributed by atoms with Crippen LogP contribution in [0.4, 0.5) is 0 Å². The highest BCUT2D eigenvalue weighted by Crippen LogP contribution is 2.34. The number of carbonyl (C=O) groups is 1. The molecule has 7 heteroatoms. The van der Waals surface area contributed by atoms with Gasteiger partial charge in [-0.2, -0.15) is 17.4 Å². The van der Waals surface area contributed by atoms with Crippen LogP contribution in [0.15, 0.2) is 0 Å². The molecule has 18 heavy (non-hydrogen) atoms. The van der Waals surface area contributed by atoms with Crippen molar-refractivity contribution in [1.29, 1.82) is 0 Å². The van der Waals surface area contributed by atoms with Crippen molar-refractivity contribution in [2.24, 2.45) is 5.92 Å². The topological polar surface area (TPSA) is 86.7 Å². The lowest BCUT2D eigenvalue weighted by atomic mass is 10.1. The maximum atomic E-state index is 12.2. The SMILES string of the molecule is CCC1CC1NS(=O)(=O)N1CCCCC1C(=O)O. The van der Waals surface area contributed by atoms with E-state index in [0.29, 0.717) is 18.9 Å². The summed E-state index contributed by atoms with van der Waals surface area (Å²) in [5.74, 6) is -0.643. The van der Waals surface area contributed by atoms with Gasteiger partial charge in [0.2, 0.25) is 0 Å². The molecule has 1 heterocycles. The van der Waals surface area contributed by atoms with Crippen LogP contribution >= 0.6 is 0 Å². The monoisotopic (exact) mass is 276 g/mol. The first kappa shape index (κ1) is 13.8. The summed E-state index contributed by atoms with van der Waals surface area (Å²) in [6.45, 7) is 2.33. The van der Waals surface area contributed by atoms with Gasteiger partial charge in [0, 0.05) is 12.6 Å². The first-order chi connectivity index (χ1) is 8.45. The molecule has 0 radical (unpaired) electrons. The second-order valence-electron chi connectivity index (χ2n) is 5.09. The molecule has 0 spiro atoms. The second-order valence-corrected chi connectivity index (χ2v) is 6.75. The number of hydrogen-bond acceptors (Lipinski definition) is 3. The molecular weight excluding hydrogens is 256 g/mol. The van der Waals surface area contributed by atoms with E-state index in [1.165, 1.54) is 0 Å². The number of carboxylic acids is 1. The van der Waals surface area contributed by atoms with Crippen molar-refractivity contribution < 1.29 is 18.3 Å². The largest absolute Gasteiger partial charge is 0.480 e. The predicted octanol–water partition coefficient (Wildman–Crippen LogP) is 0.558. The van der Waals surface area contributed by atoms with E-state index in [1.807, 2.05) is 6.92 Å². The van der Waals surface area contributed by atoms with Crippen LogP contribution in [0.1, 0.15) is 39.0 Å². The summed E-state index contributed by atoms with van der Waals surface area (Å²) in [7, 11) is -3.65. The van der Waals surface area contributed by atoms with Gasteiger partial charge in [0.05, 0.1) is 0 Å². The molecule has 2 N–H and O–H groups in total. The third-order valence-corrected chi connectivity index (χ3v) is 5.45. The number of hydrogen-bond donors (Lipinski definition) is 2. The fourth-order valence-electron chi connectivity index (χ4n) is 2.54. The Morgan fingerprint density at radius 3 is 2.72 bits per heavy atom. The third kappa shape index (κ3) is 2.84. The first-order valence-electron chi connectivity index (χ1n) is 6.47. The Hall–Kier alpha value is -0.660. The minimum absolute atomic E-state index is 0.00336. The summed E-state index contributed by atoms with van der Waals surface area (Å²) >= 11 is 0. The average Bonchev–Trinajstić information content (AvgIpc) is 3.06. The van der Waals surface area contributed by atoms with Crippen molar-refractivity contribution in [2.45, 2.75) is 51.1 Å². The number of nitrogens with zero attached hydrogens (tertiary/aromatic N) is 1. The van der Waals surface area contributed by atoms with E-state index in [0.717, 1.165) is 30.0 Å². The van der Waals surface area contributed by atoms with Gasteiger partial charge in [0.1, 0.15) is 6.04 Å². The van der Waals surface area contributed by atoms with Gasteiger partial charge in [-0.15, -0.1) is 0 Å². The average molecular weight is 276 g/mol. The van der Waals surface area contributed by atoms with Crippen LogP contribution in [0, 0.1) is 5.92 Å². The van der Waals surface area contributed by atoms with E-state index in [1.54, 1.807) is 0 Å². The summed E-state index contributed by atoms with van der Waals surface area (Å²) in [6, 6.07) is -0.911. The lowest BCUT2D eigenvalue weighted by Gasteiger charge is -2.31. The van der Waals surface area contributed by atoms with Crippen LogP contribution in [0.2, 0.25) is 0 Å². The molecular formula is C11H20N2O4S. The molecule has 0 bridgehead atoms. The van der Waals surface area contributed by atoms with E-state index in [2.05, 4.69) is 4.72 Å². The highest BCUT2D eigenvalue weighted by molar-refractivity contribution is 7.87. The van der Waals surface area contributed by atoms with E-state index >= 15 is 0 Å². The Balaban J connectivity index is 2.05. The highest BCUT2D eigenvalue weighted by atomic mass is 32.2. The van der Waals surface area contributed by atoms with Gasteiger partial charge in [-0.3, -0.25) is 4.79 Å². The molecule has 1 aliphatic carbocycles. The smallest absolute Gasteiger partial charge is 0.322 e. The predicted molar refractivity (Wildman–Crippen MR) is 66.2 cm³/mol. The molecule has 0 aromatic carbocycles. The number of carboxylic acid groups (broad SMARTS) is 1. The zero-order valence-electron chi connectivity index (χ0n) is 10.5. The molecule has 1 saturated heterocycles. The molecule has 2 aliphatic rings. The Kier molecular flexibility index (Phi) is 3.93. The van der Waals surface area contributed by atoms with Gasteiger partial charge in [-0.05, 0) is 31.6 Å². The quantitative estimate of drug-likeness (QED) is 0.768. The summed E-state index contributed by atoms with van der Waals surface area (Å²) in [5, 5.41) is 9.09. The Bertz CT molecular complexity index is 423. The van der Waals surface area contributed by atoms with Gasteiger partial charge in [-0.1, -0.05) is 13.3 Å². The normalized spacial score (nSPS) is 33.3. The second kappa shape index (κ2) is 5.14. The number of nitrogens with one attached hydrogen (secondary N) is 1. The maximum Gasteiger partial charge on any atom is 0.322 e. The van der Waals surface area contributed by atoms with Crippen molar-refractivity contribution in [3.05, 3.63) is 0 Å². The van der Waals surface area contributed by atoms with Crippen LogP contribution in [0.3, 0.4) is 0 Å². The van der Waals surface area contributed by atoms with E-state index in [4.69, 9.17) is 5.11 Å². The van der Waals surface area contributed by atoms with Crippen molar-refractivity contribution in [2.75, 3.05) is 6.54 Å². The van der Waals surface area contributed by atoms with Crippen molar-refractivity contribution in [3.63, 3.8) is 0 Å². The summed E-state index contributed by atoms with van der Waals surface area (Å²) in [5.41, 5.74) is 0. The zero-order valence-corrected chi connectivity index (χ0v) is 11.3. The minimum atomic E-state index is -3.65. The third-order valence-electron chi connectivity index (χ3n) is 3.79. The van der Waals surface area contributed by atoms with Crippen LogP contribution in [0.5, 0.6) is 0 Å². The summed E-state index contributed by atoms with van der Waals surface area (Å²) in [4.78, 5) is 11.1. The van der Waals surface area contributed by atoms with Gasteiger partial charge in [-0.25, -0.2) is 0 Å². The van der Waals surface area contributed by atoms with E-state index in [-0.39, 0.29) is 6.04 Å². The summed E-state index contributed by atoms with van der Waals surface area (Å²) in [6.07, 6.45) is 3.71. The summed E-state index contributed by atoms with van der Waals surface area (Å²) < 4.78 is 28.1. The minimum Gasteiger partial charge on any atom is -0.480 e. The van der Waals surface area contributed by atoms with Crippen LogP contribution in [0.25, 0.3) is 0 Å². The molecule has 6 nitrogen and oxygen atoms in total. The molecule has 2 rings (SSSR count). The van der Waals surface area contributed by atoms with Crippen molar-refractivity contribution >= 4 is 16.2 Å². The lowest BCUT2D eigenvalue weighted by molar-refractivity contribution is -0.142. The van der Waals surface area contributed by atoms with Gasteiger partial charge in [0.25, 0.3) is 10.2 Å². The van der Waals surface area contributed by atoms with Crippen LogP contribution in [-0.2, 0) is 15.0 Å².